The Morgan fingerprint density at radius 1 is 1.20 bits per heavy atom. The quantitative estimate of drug-likeness (QED) is 0.875. The molecule has 110 valence electrons. The molecule has 1 aromatic rings. The summed E-state index contributed by atoms with van der Waals surface area (Å²) in [6.07, 6.45) is 4.06. The fourth-order valence-corrected chi connectivity index (χ4v) is 4.88. The Labute approximate surface area is 119 Å². The lowest BCUT2D eigenvalue weighted by Crippen LogP contribution is -2.26. The Morgan fingerprint density at radius 3 is 2.35 bits per heavy atom. The molecule has 20 heavy (non-hydrogen) atoms. The van der Waals surface area contributed by atoms with Crippen LogP contribution in [0.3, 0.4) is 0 Å². The van der Waals surface area contributed by atoms with Crippen molar-refractivity contribution in [1.82, 2.24) is 0 Å². The van der Waals surface area contributed by atoms with Crippen molar-refractivity contribution in [2.24, 2.45) is 5.92 Å². The molecule has 0 aromatic heterocycles. The Balaban J connectivity index is 2.09. The molecule has 1 aliphatic carbocycles. The predicted molar refractivity (Wildman–Crippen MR) is 77.4 cm³/mol. The number of hydrogen-bond acceptors (Lipinski definition) is 3. The van der Waals surface area contributed by atoms with Crippen molar-refractivity contribution in [3.8, 4) is 0 Å². The van der Waals surface area contributed by atoms with Crippen LogP contribution in [0, 0.1) is 5.92 Å². The van der Waals surface area contributed by atoms with Gasteiger partial charge in [0, 0.05) is 0 Å². The van der Waals surface area contributed by atoms with E-state index < -0.39 is 21.7 Å². The number of carboxylic acid groups (broad SMARTS) is 1. The lowest BCUT2D eigenvalue weighted by Gasteiger charge is -2.15. The van der Waals surface area contributed by atoms with Gasteiger partial charge in [-0.1, -0.05) is 43.2 Å². The molecule has 1 fully saturated rings. The molecule has 2 rings (SSSR count). The predicted octanol–water partition coefficient (Wildman–Crippen LogP) is 2.46. The van der Waals surface area contributed by atoms with E-state index in [1.165, 1.54) is 0 Å². The topological polar surface area (TPSA) is 71.4 Å². The Kier molecular flexibility index (Phi) is 4.81. The van der Waals surface area contributed by atoms with E-state index in [0.717, 1.165) is 25.7 Å². The zero-order valence-corrected chi connectivity index (χ0v) is 12.2. The van der Waals surface area contributed by atoms with Crippen molar-refractivity contribution in [2.45, 2.75) is 31.6 Å². The molecule has 0 spiro atoms. The minimum Gasteiger partial charge on any atom is -0.481 e. The van der Waals surface area contributed by atoms with E-state index in [9.17, 15) is 18.3 Å². The molecule has 0 heterocycles. The molecule has 1 atom stereocenters. The van der Waals surface area contributed by atoms with Crippen LogP contribution in [0.15, 0.2) is 30.3 Å². The summed E-state index contributed by atoms with van der Waals surface area (Å²) in [5, 5.41) is 9.29. The maximum Gasteiger partial charge on any atom is 0.312 e. The number of carbonyl (C=O) groups is 1. The standard InChI is InChI=1S/C15H20O4S/c16-15(17)14(13-8-2-1-3-9-13)11-20(18,19)10-12-6-4-5-7-12/h1-3,8-9,12,14H,4-7,10-11H2,(H,16,17). The van der Waals surface area contributed by atoms with Crippen LogP contribution in [-0.4, -0.2) is 31.0 Å². The summed E-state index contributed by atoms with van der Waals surface area (Å²) < 4.78 is 24.4. The van der Waals surface area contributed by atoms with Gasteiger partial charge in [0.25, 0.3) is 0 Å². The van der Waals surface area contributed by atoms with Gasteiger partial charge in [-0.05, 0) is 24.3 Å². The van der Waals surface area contributed by atoms with Gasteiger partial charge in [-0.25, -0.2) is 8.42 Å². The number of carboxylic acids is 1. The van der Waals surface area contributed by atoms with Gasteiger partial charge in [0.2, 0.25) is 0 Å². The zero-order chi connectivity index (χ0) is 14.6. The maximum absolute atomic E-state index is 12.2. The molecule has 0 amide bonds. The largest absolute Gasteiger partial charge is 0.481 e. The molecule has 1 N–H and O–H groups in total. The summed E-state index contributed by atoms with van der Waals surface area (Å²) >= 11 is 0. The number of rotatable bonds is 6. The molecule has 5 heteroatoms. The lowest BCUT2D eigenvalue weighted by atomic mass is 10.0. The van der Waals surface area contributed by atoms with Gasteiger partial charge in [0.05, 0.1) is 17.4 Å². The Hall–Kier alpha value is -1.36. The van der Waals surface area contributed by atoms with Crippen LogP contribution in [0.5, 0.6) is 0 Å². The van der Waals surface area contributed by atoms with E-state index >= 15 is 0 Å². The smallest absolute Gasteiger partial charge is 0.312 e. The normalized spacial score (nSPS) is 18.0. The molecule has 0 saturated heterocycles. The zero-order valence-electron chi connectivity index (χ0n) is 11.4. The Morgan fingerprint density at radius 2 is 1.80 bits per heavy atom. The van der Waals surface area contributed by atoms with Crippen molar-refractivity contribution >= 4 is 15.8 Å². The highest BCUT2D eigenvalue weighted by Crippen LogP contribution is 2.27. The van der Waals surface area contributed by atoms with Crippen LogP contribution in [0.2, 0.25) is 0 Å². The van der Waals surface area contributed by atoms with Crippen LogP contribution < -0.4 is 0 Å². The number of benzene rings is 1. The number of hydrogen-bond donors (Lipinski definition) is 1. The summed E-state index contributed by atoms with van der Waals surface area (Å²) in [6.45, 7) is 0. The lowest BCUT2D eigenvalue weighted by molar-refractivity contribution is -0.138. The summed E-state index contributed by atoms with van der Waals surface area (Å²) in [4.78, 5) is 11.4. The fourth-order valence-electron chi connectivity index (χ4n) is 2.85. The average Bonchev–Trinajstić information content (AvgIpc) is 2.89. The van der Waals surface area contributed by atoms with E-state index in [2.05, 4.69) is 0 Å². The van der Waals surface area contributed by atoms with Gasteiger partial charge in [0.15, 0.2) is 9.84 Å². The van der Waals surface area contributed by atoms with Crippen molar-refractivity contribution < 1.29 is 18.3 Å². The van der Waals surface area contributed by atoms with Gasteiger partial charge >= 0.3 is 5.97 Å². The van der Waals surface area contributed by atoms with Crippen LogP contribution >= 0.6 is 0 Å². The second-order valence-corrected chi connectivity index (χ2v) is 7.68. The van der Waals surface area contributed by atoms with Crippen molar-refractivity contribution in [2.75, 3.05) is 11.5 Å². The van der Waals surface area contributed by atoms with Crippen LogP contribution in [0.4, 0.5) is 0 Å². The highest BCUT2D eigenvalue weighted by atomic mass is 32.2. The first-order valence-corrected chi connectivity index (χ1v) is 8.78. The highest BCUT2D eigenvalue weighted by molar-refractivity contribution is 7.91. The Bertz CT molecular complexity index is 544. The molecule has 0 radical (unpaired) electrons. The summed E-state index contributed by atoms with van der Waals surface area (Å²) in [5.41, 5.74) is 0.551. The van der Waals surface area contributed by atoms with Crippen LogP contribution in [-0.2, 0) is 14.6 Å². The molecule has 1 saturated carbocycles. The third kappa shape index (κ3) is 4.07. The average molecular weight is 296 g/mol. The van der Waals surface area contributed by atoms with Gasteiger partial charge in [-0.3, -0.25) is 4.79 Å². The van der Waals surface area contributed by atoms with E-state index in [1.807, 2.05) is 0 Å². The highest BCUT2D eigenvalue weighted by Gasteiger charge is 2.29. The summed E-state index contributed by atoms with van der Waals surface area (Å²) in [7, 11) is -3.34. The fraction of sp³-hybridized carbons (Fsp3) is 0.533. The van der Waals surface area contributed by atoms with Crippen LogP contribution in [0.25, 0.3) is 0 Å². The second-order valence-electron chi connectivity index (χ2n) is 5.53. The molecular formula is C15H20O4S. The van der Waals surface area contributed by atoms with Crippen LogP contribution in [0.1, 0.15) is 37.2 Å². The summed E-state index contributed by atoms with van der Waals surface area (Å²) in [5.74, 6) is -2.01. The maximum atomic E-state index is 12.2. The minimum atomic E-state index is -3.34. The molecule has 4 nitrogen and oxygen atoms in total. The molecule has 1 aliphatic rings. The van der Waals surface area contributed by atoms with E-state index in [4.69, 9.17) is 0 Å². The monoisotopic (exact) mass is 296 g/mol. The molecule has 0 bridgehead atoms. The second kappa shape index (κ2) is 6.39. The minimum absolute atomic E-state index is 0.129. The molecular weight excluding hydrogens is 276 g/mol. The van der Waals surface area contributed by atoms with Gasteiger partial charge in [-0.15, -0.1) is 0 Å². The number of aliphatic carboxylic acids is 1. The SMILES string of the molecule is O=C(O)C(CS(=O)(=O)CC1CCCC1)c1ccccc1. The van der Waals surface area contributed by atoms with Crippen molar-refractivity contribution in [1.29, 1.82) is 0 Å². The van der Waals surface area contributed by atoms with E-state index in [0.29, 0.717) is 5.56 Å². The van der Waals surface area contributed by atoms with Gasteiger partial charge in [0.1, 0.15) is 0 Å². The first-order chi connectivity index (χ1) is 9.48. The molecule has 0 aliphatic heterocycles. The van der Waals surface area contributed by atoms with E-state index in [1.54, 1.807) is 30.3 Å². The first kappa shape index (κ1) is 15.0. The molecule has 1 aromatic carbocycles. The van der Waals surface area contributed by atoms with Gasteiger partial charge in [-0.2, -0.15) is 0 Å². The van der Waals surface area contributed by atoms with Crippen molar-refractivity contribution in [3.63, 3.8) is 0 Å². The third-order valence-corrected chi connectivity index (χ3v) is 5.71. The van der Waals surface area contributed by atoms with Gasteiger partial charge < -0.3 is 5.11 Å². The third-order valence-electron chi connectivity index (χ3n) is 3.89. The number of sulfone groups is 1. The first-order valence-electron chi connectivity index (χ1n) is 6.96. The molecule has 1 unspecified atom stereocenters. The van der Waals surface area contributed by atoms with Crippen molar-refractivity contribution in [3.05, 3.63) is 35.9 Å². The van der Waals surface area contributed by atoms with E-state index in [-0.39, 0.29) is 17.4 Å². The summed E-state index contributed by atoms with van der Waals surface area (Å²) in [6, 6.07) is 8.59.